The fourth-order valence-corrected chi connectivity index (χ4v) is 4.75. The molecule has 3 N–H and O–H groups in total. The molecule has 0 bridgehead atoms. The Balaban J connectivity index is 1.42. The average Bonchev–Trinajstić information content (AvgIpc) is 2.99. The molecule has 0 radical (unpaired) electrons. The van der Waals surface area contributed by atoms with Gasteiger partial charge in [-0.2, -0.15) is 0 Å². The van der Waals surface area contributed by atoms with Crippen LogP contribution in [0, 0.1) is 0 Å². The van der Waals surface area contributed by atoms with Gasteiger partial charge in [0.2, 0.25) is 5.91 Å². The Hall–Kier alpha value is -4.34. The van der Waals surface area contributed by atoms with Gasteiger partial charge in [-0.15, -0.1) is 11.8 Å². The zero-order valence-electron chi connectivity index (χ0n) is 22.2. The maximum Gasteiger partial charge on any atom is 0.272 e. The summed E-state index contributed by atoms with van der Waals surface area (Å²) in [5, 5.41) is 8.45. The second-order valence-electron chi connectivity index (χ2n) is 8.68. The maximum absolute atomic E-state index is 13.3. The van der Waals surface area contributed by atoms with Crippen LogP contribution in [-0.4, -0.2) is 30.1 Å². The Morgan fingerprint density at radius 3 is 2.20 bits per heavy atom. The van der Waals surface area contributed by atoms with E-state index in [-0.39, 0.29) is 17.4 Å². The highest BCUT2D eigenvalue weighted by molar-refractivity contribution is 9.10. The molecule has 3 amide bonds. The second-order valence-corrected chi connectivity index (χ2v) is 10.6. The molecule has 0 spiro atoms. The molecule has 4 rings (SSSR count). The first kappa shape index (κ1) is 29.6. The number of hydrogen-bond acceptors (Lipinski definition) is 5. The number of para-hydroxylation sites is 1. The number of carbonyl (C=O) groups is 3. The molecule has 0 aromatic heterocycles. The molecule has 0 saturated carbocycles. The smallest absolute Gasteiger partial charge is 0.272 e. The highest BCUT2D eigenvalue weighted by atomic mass is 79.9. The van der Waals surface area contributed by atoms with E-state index in [1.54, 1.807) is 54.6 Å². The Bertz CT molecular complexity index is 1530. The van der Waals surface area contributed by atoms with Crippen LogP contribution in [0.4, 0.5) is 11.4 Å². The van der Waals surface area contributed by atoms with Crippen molar-refractivity contribution in [3.8, 4) is 5.75 Å². The van der Waals surface area contributed by atoms with Gasteiger partial charge in [0.15, 0.2) is 0 Å². The van der Waals surface area contributed by atoms with Gasteiger partial charge in [-0.1, -0.05) is 42.5 Å². The minimum Gasteiger partial charge on any atom is -0.494 e. The standard InChI is InChI=1S/C32H28BrN3O4S/c1-2-40-25-16-12-22(13-17-25)20-29(36-31(38)23-8-4-3-5-9-23)32(39)34-24-14-18-26(19-15-24)41-21-30(37)35-28-11-7-6-10-27(28)33/h3-20H,2,21H2,1H3,(H,34,39)(H,35,37)(H,36,38)/b29-20-. The van der Waals surface area contributed by atoms with Crippen LogP contribution >= 0.6 is 27.7 Å². The first-order valence-electron chi connectivity index (χ1n) is 12.8. The topological polar surface area (TPSA) is 96.5 Å². The lowest BCUT2D eigenvalue weighted by molar-refractivity contribution is -0.114. The van der Waals surface area contributed by atoms with Gasteiger partial charge in [0.1, 0.15) is 11.4 Å². The van der Waals surface area contributed by atoms with Gasteiger partial charge in [-0.3, -0.25) is 14.4 Å². The summed E-state index contributed by atoms with van der Waals surface area (Å²) >= 11 is 4.80. The average molecular weight is 631 g/mol. The molecule has 0 fully saturated rings. The van der Waals surface area contributed by atoms with Crippen molar-refractivity contribution >= 4 is 62.9 Å². The van der Waals surface area contributed by atoms with Crippen molar-refractivity contribution in [1.29, 1.82) is 0 Å². The number of thioether (sulfide) groups is 1. The predicted molar refractivity (Wildman–Crippen MR) is 168 cm³/mol. The molecular formula is C32H28BrN3O4S. The lowest BCUT2D eigenvalue weighted by Crippen LogP contribution is -2.30. The summed E-state index contributed by atoms with van der Waals surface area (Å²) in [7, 11) is 0. The van der Waals surface area contributed by atoms with Crippen molar-refractivity contribution in [3.05, 3.63) is 124 Å². The van der Waals surface area contributed by atoms with Crippen molar-refractivity contribution in [2.75, 3.05) is 23.0 Å². The van der Waals surface area contributed by atoms with Crippen LogP contribution in [0.2, 0.25) is 0 Å². The van der Waals surface area contributed by atoms with E-state index in [0.29, 0.717) is 29.3 Å². The Labute approximate surface area is 251 Å². The number of hydrogen-bond donors (Lipinski definition) is 3. The largest absolute Gasteiger partial charge is 0.494 e. The van der Waals surface area contributed by atoms with Crippen LogP contribution in [0.3, 0.4) is 0 Å². The number of halogens is 1. The Kier molecular flexibility index (Phi) is 10.8. The van der Waals surface area contributed by atoms with Crippen LogP contribution < -0.4 is 20.7 Å². The van der Waals surface area contributed by atoms with Crippen LogP contribution in [0.5, 0.6) is 5.75 Å². The van der Waals surface area contributed by atoms with Crippen molar-refractivity contribution in [2.45, 2.75) is 11.8 Å². The number of rotatable bonds is 11. The minimum absolute atomic E-state index is 0.0882. The van der Waals surface area contributed by atoms with E-state index in [4.69, 9.17) is 4.74 Å². The minimum atomic E-state index is -0.476. The van der Waals surface area contributed by atoms with Gasteiger partial charge in [0.25, 0.3) is 11.8 Å². The second kappa shape index (κ2) is 14.9. The molecule has 0 aliphatic heterocycles. The van der Waals surface area contributed by atoms with Gasteiger partial charge >= 0.3 is 0 Å². The molecule has 0 aliphatic rings. The van der Waals surface area contributed by atoms with Gasteiger partial charge in [-0.05, 0) is 95.2 Å². The fraction of sp³-hybridized carbons (Fsp3) is 0.0938. The number of amides is 3. The Morgan fingerprint density at radius 2 is 1.51 bits per heavy atom. The van der Waals surface area contributed by atoms with E-state index in [2.05, 4.69) is 31.9 Å². The van der Waals surface area contributed by atoms with Gasteiger partial charge in [-0.25, -0.2) is 0 Å². The van der Waals surface area contributed by atoms with Crippen LogP contribution in [0.1, 0.15) is 22.8 Å². The van der Waals surface area contributed by atoms with E-state index in [9.17, 15) is 14.4 Å². The number of nitrogens with one attached hydrogen (secondary N) is 3. The zero-order chi connectivity index (χ0) is 29.0. The van der Waals surface area contributed by atoms with Crippen LogP contribution in [0.15, 0.2) is 118 Å². The summed E-state index contributed by atoms with van der Waals surface area (Å²) < 4.78 is 6.30. The van der Waals surface area contributed by atoms with Gasteiger partial charge < -0.3 is 20.7 Å². The third-order valence-corrected chi connectivity index (χ3v) is 7.36. The van der Waals surface area contributed by atoms with Crippen LogP contribution in [-0.2, 0) is 9.59 Å². The molecule has 4 aromatic carbocycles. The third-order valence-electron chi connectivity index (χ3n) is 5.66. The normalized spacial score (nSPS) is 10.9. The maximum atomic E-state index is 13.3. The van der Waals surface area contributed by atoms with Gasteiger partial charge in [0.05, 0.1) is 18.0 Å². The highest BCUT2D eigenvalue weighted by Crippen LogP contribution is 2.24. The highest BCUT2D eigenvalue weighted by Gasteiger charge is 2.15. The number of carbonyl (C=O) groups excluding carboxylic acids is 3. The molecule has 7 nitrogen and oxygen atoms in total. The lowest BCUT2D eigenvalue weighted by Gasteiger charge is -2.12. The van der Waals surface area contributed by atoms with Crippen molar-refractivity contribution in [2.24, 2.45) is 0 Å². The molecule has 41 heavy (non-hydrogen) atoms. The van der Waals surface area contributed by atoms with E-state index >= 15 is 0 Å². The fourth-order valence-electron chi connectivity index (χ4n) is 3.67. The molecule has 9 heteroatoms. The summed E-state index contributed by atoms with van der Waals surface area (Å²) in [6, 6.07) is 30.5. The van der Waals surface area contributed by atoms with Crippen molar-refractivity contribution in [3.63, 3.8) is 0 Å². The third kappa shape index (κ3) is 9.09. The number of ether oxygens (including phenoxy) is 1. The van der Waals surface area contributed by atoms with Crippen molar-refractivity contribution in [1.82, 2.24) is 5.32 Å². The van der Waals surface area contributed by atoms with Crippen molar-refractivity contribution < 1.29 is 19.1 Å². The van der Waals surface area contributed by atoms with E-state index in [0.717, 1.165) is 14.9 Å². The summed E-state index contributed by atoms with van der Waals surface area (Å²) in [6.07, 6.45) is 1.61. The molecule has 4 aromatic rings. The molecule has 0 saturated heterocycles. The molecule has 0 heterocycles. The first-order valence-corrected chi connectivity index (χ1v) is 14.6. The zero-order valence-corrected chi connectivity index (χ0v) is 24.6. The summed E-state index contributed by atoms with van der Waals surface area (Å²) in [5.41, 5.74) is 2.50. The summed E-state index contributed by atoms with van der Waals surface area (Å²) in [6.45, 7) is 2.45. The van der Waals surface area contributed by atoms with Crippen LogP contribution in [0.25, 0.3) is 6.08 Å². The quantitative estimate of drug-likeness (QED) is 0.123. The summed E-state index contributed by atoms with van der Waals surface area (Å²) in [4.78, 5) is 39.4. The number of anilines is 2. The molecule has 0 unspecified atom stereocenters. The molecule has 0 aliphatic carbocycles. The molecule has 0 atom stereocenters. The van der Waals surface area contributed by atoms with E-state index in [1.807, 2.05) is 61.5 Å². The lowest BCUT2D eigenvalue weighted by atomic mass is 10.1. The first-order chi connectivity index (χ1) is 19.9. The SMILES string of the molecule is CCOc1ccc(/C=C(\NC(=O)c2ccccc2)C(=O)Nc2ccc(SCC(=O)Nc3ccccc3Br)cc2)cc1. The Morgan fingerprint density at radius 1 is 0.829 bits per heavy atom. The molecule has 208 valence electrons. The number of benzene rings is 4. The molecular weight excluding hydrogens is 602 g/mol. The predicted octanol–water partition coefficient (Wildman–Crippen LogP) is 6.99. The van der Waals surface area contributed by atoms with E-state index in [1.165, 1.54) is 11.8 Å². The van der Waals surface area contributed by atoms with Gasteiger partial charge in [0, 0.05) is 20.6 Å². The summed E-state index contributed by atoms with van der Waals surface area (Å²) in [5.74, 6) is -0.0557. The monoisotopic (exact) mass is 629 g/mol. The van der Waals surface area contributed by atoms with E-state index < -0.39 is 11.8 Å².